The molecule has 6 N–H and O–H groups in total. The number of nitrogens with one attached hydrogen (secondary N) is 6. The highest BCUT2D eigenvalue weighted by Gasteiger charge is 2.23. The Morgan fingerprint density at radius 1 is 0.430 bits per heavy atom. The molecule has 19 nitrogen and oxygen atoms in total. The van der Waals surface area contributed by atoms with Crippen LogP contribution in [0.3, 0.4) is 0 Å². The van der Waals surface area contributed by atoms with E-state index in [1.807, 2.05) is 125 Å². The molecule has 13 heterocycles. The van der Waals surface area contributed by atoms with Crippen molar-refractivity contribution in [1.82, 2.24) is 24.9 Å². The molecule has 0 radical (unpaired) electrons. The Hall–Kier alpha value is -11.9. The zero-order valence-corrected chi connectivity index (χ0v) is 71.0. The van der Waals surface area contributed by atoms with Crippen molar-refractivity contribution in [3.63, 3.8) is 0 Å². The highest BCUT2D eigenvalue weighted by molar-refractivity contribution is 9.11. The molecule has 114 heavy (non-hydrogen) atoms. The molecule has 11 aromatic rings. The second-order valence-electron chi connectivity index (χ2n) is 27.3. The third kappa shape index (κ3) is 20.3. The topological polar surface area (TPSA) is 250 Å². The number of ether oxygens (including phenoxy) is 5. The zero-order chi connectivity index (χ0) is 81.1. The molecular weight excluding hydrogens is 1570 g/mol. The molecule has 0 amide bonds. The van der Waals surface area contributed by atoms with Crippen LogP contribution in [0.5, 0.6) is 11.5 Å². The Labute approximate surface area is 684 Å². The zero-order valence-electron chi connectivity index (χ0n) is 66.1. The second kappa shape index (κ2) is 36.3. The van der Waals surface area contributed by atoms with Gasteiger partial charge in [-0.1, -0.05) is 60.7 Å². The smallest absolute Gasteiger partial charge is 0.229 e. The summed E-state index contributed by atoms with van der Waals surface area (Å²) in [5.41, 5.74) is 28.4. The minimum atomic E-state index is -3.29. The predicted octanol–water partition coefficient (Wildman–Crippen LogP) is 22.2. The largest absolute Gasteiger partial charge is 0.494 e. The number of nitrogens with zero attached hydrogens (tertiary/aromatic N) is 5. The van der Waals surface area contributed by atoms with Crippen molar-refractivity contribution < 1.29 is 36.9 Å². The summed E-state index contributed by atoms with van der Waals surface area (Å²) in [6, 6.07) is 43.6. The molecule has 8 aromatic heterocycles. The van der Waals surface area contributed by atoms with Crippen LogP contribution in [0.2, 0.25) is 0 Å². The molecule has 5 aliphatic rings. The average molecular weight is 1660 g/mol. The maximum absolute atomic E-state index is 11.3. The van der Waals surface area contributed by atoms with Gasteiger partial charge in [-0.25, -0.2) is 23.4 Å². The second-order valence-corrected chi connectivity index (χ2v) is 33.6. The van der Waals surface area contributed by atoms with Crippen molar-refractivity contribution in [3.8, 4) is 34.0 Å². The molecule has 0 bridgehead atoms. The highest BCUT2D eigenvalue weighted by atomic mass is 79.9. The van der Waals surface area contributed by atoms with Crippen LogP contribution in [-0.4, -0.2) is 110 Å². The van der Waals surface area contributed by atoms with Gasteiger partial charge in [0, 0.05) is 103 Å². The number of carbonyl (C=O) groups is 1. The van der Waals surface area contributed by atoms with E-state index in [0.29, 0.717) is 11.3 Å². The molecular formula is C90H88BrN11O8S4. The van der Waals surface area contributed by atoms with Gasteiger partial charge in [0.1, 0.15) is 52.2 Å². The van der Waals surface area contributed by atoms with E-state index in [1.54, 1.807) is 93.8 Å². The first-order chi connectivity index (χ1) is 54.7. The van der Waals surface area contributed by atoms with E-state index in [-0.39, 0.29) is 0 Å². The Balaban J connectivity index is 0.000000132. The van der Waals surface area contributed by atoms with E-state index in [4.69, 9.17) is 33.7 Å². The molecule has 0 unspecified atom stereocenters. The quantitative estimate of drug-likeness (QED) is 0.0450. The van der Waals surface area contributed by atoms with Gasteiger partial charge in [-0.2, -0.15) is 0 Å². The summed E-state index contributed by atoms with van der Waals surface area (Å²) in [5.74, 6) is 3.88. The van der Waals surface area contributed by atoms with Crippen LogP contribution in [0.4, 0.5) is 5.69 Å². The maximum Gasteiger partial charge on any atom is 0.229 e. The number of aryl methyl sites for hydroxylation is 6. The molecule has 0 fully saturated rings. The fraction of sp³-hybridized carbons (Fsp3) is 0.178. The molecule has 0 aliphatic carbocycles. The number of carbonyl (C=O) groups excluding carboxylic acids is 1. The summed E-state index contributed by atoms with van der Waals surface area (Å²) in [7, 11) is 5.03. The Morgan fingerprint density at radius 3 is 1.24 bits per heavy atom. The van der Waals surface area contributed by atoms with E-state index >= 15 is 0 Å². The van der Waals surface area contributed by atoms with E-state index in [2.05, 4.69) is 180 Å². The lowest BCUT2D eigenvalue weighted by molar-refractivity contribution is 0.112. The first-order valence-electron chi connectivity index (χ1n) is 36.3. The van der Waals surface area contributed by atoms with Crippen molar-refractivity contribution in [2.24, 2.45) is 25.0 Å². The van der Waals surface area contributed by atoms with E-state index in [0.717, 1.165) is 196 Å². The normalized spacial score (nSPS) is 16.0. The molecule has 0 spiro atoms. The third-order valence-corrected chi connectivity index (χ3v) is 22.6. The summed E-state index contributed by atoms with van der Waals surface area (Å²) in [5, 5.41) is 3.30. The number of aromatic amines is 5. The number of benzene rings is 3. The Bertz CT molecular complexity index is 6060. The van der Waals surface area contributed by atoms with Crippen LogP contribution in [0.1, 0.15) is 115 Å². The molecule has 0 saturated heterocycles. The van der Waals surface area contributed by atoms with Gasteiger partial charge in [0.25, 0.3) is 0 Å². The monoisotopic (exact) mass is 1660 g/mol. The summed E-state index contributed by atoms with van der Waals surface area (Å²) < 4.78 is 54.8. The molecule has 0 saturated carbocycles. The lowest BCUT2D eigenvalue weighted by Gasteiger charge is -2.04. The number of fused-ring (bicyclic) bond motifs is 1. The van der Waals surface area contributed by atoms with E-state index < -0.39 is 10.0 Å². The fourth-order valence-electron chi connectivity index (χ4n) is 12.9. The number of hydrogen-bond donors (Lipinski definition) is 6. The number of rotatable bonds is 18. The van der Waals surface area contributed by atoms with Gasteiger partial charge in [0.15, 0.2) is 0 Å². The molecule has 0 atom stereocenters. The van der Waals surface area contributed by atoms with Crippen LogP contribution in [0.25, 0.3) is 63.0 Å². The van der Waals surface area contributed by atoms with Crippen molar-refractivity contribution >= 4 is 141 Å². The summed E-state index contributed by atoms with van der Waals surface area (Å²) in [6.07, 6.45) is 22.1. The molecule has 582 valence electrons. The number of anilines is 1. The fourth-order valence-corrected chi connectivity index (χ4v) is 16.5. The van der Waals surface area contributed by atoms with Crippen molar-refractivity contribution in [1.29, 1.82) is 0 Å². The highest BCUT2D eigenvalue weighted by Crippen LogP contribution is 2.37. The number of aromatic nitrogens is 5. The van der Waals surface area contributed by atoms with E-state index in [1.165, 1.54) is 26.8 Å². The number of sulfonamides is 1. The lowest BCUT2D eigenvalue weighted by atomic mass is 10.1. The van der Waals surface area contributed by atoms with Crippen LogP contribution in [0, 0.1) is 41.5 Å². The third-order valence-electron chi connectivity index (χ3n) is 18.4. The number of hydrogen-bond acceptors (Lipinski definition) is 16. The number of halogens is 1. The van der Waals surface area contributed by atoms with Gasteiger partial charge in [-0.15, -0.1) is 34.0 Å². The average Bonchev–Trinajstić information content (AvgIpc) is 1.69. The SMILES string of the molecule is COC1=CC(c2cc3ccccc3s2)=N/C1=C\c1[nH]c(C)cc1C.COC1=CC(c2ccc(Br)s2)=N/C1=C\c1[nH]c(C)cc1C.COC1=CC(c2cccs2)=N/C1=C\c1[nH]c(C)cc1C.COc1cc(-c2ccc(C=O)cc2)[nH]c1C=C1N=C(C)C=C1C.COc1cc(-c2ccc(NS(C)(=O)=O)cc2)[nH]c1C=C1N=C(C)C=C1C. The Morgan fingerprint density at radius 2 is 0.868 bits per heavy atom. The molecule has 3 aromatic carbocycles. The summed E-state index contributed by atoms with van der Waals surface area (Å²) in [6.45, 7) is 20.4. The number of thiophene rings is 3. The van der Waals surface area contributed by atoms with Gasteiger partial charge >= 0.3 is 0 Å². The van der Waals surface area contributed by atoms with Crippen LogP contribution < -0.4 is 14.2 Å². The molecule has 24 heteroatoms. The van der Waals surface area contributed by atoms with Crippen molar-refractivity contribution in [3.05, 3.63) is 312 Å². The summed E-state index contributed by atoms with van der Waals surface area (Å²) >= 11 is 8.59. The minimum absolute atomic E-state index is 0.522. The molecule has 5 aliphatic heterocycles. The van der Waals surface area contributed by atoms with Gasteiger partial charge in [0.2, 0.25) is 10.0 Å². The van der Waals surface area contributed by atoms with Gasteiger partial charge in [-0.3, -0.25) is 19.5 Å². The predicted molar refractivity (Wildman–Crippen MR) is 477 cm³/mol. The lowest BCUT2D eigenvalue weighted by Crippen LogP contribution is -2.09. The van der Waals surface area contributed by atoms with Crippen molar-refractivity contribution in [2.45, 2.75) is 69.2 Å². The first kappa shape index (κ1) is 81.6. The Kier molecular flexibility index (Phi) is 25.9. The van der Waals surface area contributed by atoms with Gasteiger partial charge < -0.3 is 48.6 Å². The van der Waals surface area contributed by atoms with Gasteiger partial charge in [-0.05, 0) is 238 Å². The maximum atomic E-state index is 11.3. The number of H-pyrrole nitrogens is 5. The van der Waals surface area contributed by atoms with Crippen LogP contribution >= 0.6 is 49.9 Å². The minimum Gasteiger partial charge on any atom is -0.494 e. The number of aliphatic imine (C=N–C) groups is 5. The standard InChI is InChI=1S/C20H18N2OS.C19H21N3O3S.C19H18N2O2.C16H15BrN2OS.C16H16N2OS/c1-12-8-13(2)21-15(12)10-16-18(23-3)11-17(22-16)20-9-14-6-4-5-7-19(14)24-20;1-12-9-13(2)20-16(12)10-18-19(25-3)11-17(21-18)14-5-7-15(8-6-14)22-26(4,23)24;1-12-8-13(2)20-16(12)9-18-19(23-3)10-17(21-18)15-6-4-14(11-22)5-7-15;1-9-6-10(2)18-11(9)7-12-14(20-3)8-13(19-12)15-4-5-16(17)21-15;1-10-7-11(2)17-12(10)8-13-15(19-3)9-14(18-13)16-5-4-6-20-16/h4-11,21H,1-3H3;5-11,21-22H,1-4H3;4-11,21H,1-3H3;4-8,18H,1-3H3;4-9,17H,1-3H3/b16-10-;;;12-7-;13-8-. The molecule has 16 rings (SSSR count). The first-order valence-corrected chi connectivity index (χ1v) is 41.5. The van der Waals surface area contributed by atoms with Crippen LogP contribution in [0.15, 0.2) is 255 Å². The summed E-state index contributed by atoms with van der Waals surface area (Å²) in [4.78, 5) is 54.2. The number of methoxy groups -OCH3 is 5. The van der Waals surface area contributed by atoms with Crippen molar-refractivity contribution in [2.75, 3.05) is 46.5 Å². The van der Waals surface area contributed by atoms with Gasteiger partial charge in [0.05, 0.1) is 100 Å². The number of aldehydes is 1. The van der Waals surface area contributed by atoms with E-state index in [9.17, 15) is 13.2 Å². The van der Waals surface area contributed by atoms with Crippen LogP contribution in [-0.2, 0) is 24.2 Å². The number of allylic oxidation sites excluding steroid dienone is 7.